The van der Waals surface area contributed by atoms with Crippen LogP contribution < -0.4 is 0 Å². The number of carbonyl (C=O) groups is 2. The molecular formula is C21H26N2O3. The minimum Gasteiger partial charge on any atom is -0.394 e. The van der Waals surface area contributed by atoms with Crippen molar-refractivity contribution >= 4 is 11.8 Å². The maximum absolute atomic E-state index is 12.4. The van der Waals surface area contributed by atoms with E-state index in [4.69, 9.17) is 0 Å². The standard InChI is InChI=1S/C21H26N2O3/c1-4-19(25)22-11-17-21(18(13-24)23(17)20(26)12-22)16-9-7-15(8-10-16)6-5-14(2)3/h7-10,14,17-18,21,24H,4,11-13H2,1-3H3/t17-,18+,21-/m1/s1. The van der Waals surface area contributed by atoms with Crippen molar-refractivity contribution in [1.29, 1.82) is 0 Å². The molecule has 3 rings (SSSR count). The van der Waals surface area contributed by atoms with E-state index >= 15 is 0 Å². The van der Waals surface area contributed by atoms with Gasteiger partial charge in [-0.2, -0.15) is 0 Å². The van der Waals surface area contributed by atoms with Crippen LogP contribution in [0, 0.1) is 17.8 Å². The molecule has 26 heavy (non-hydrogen) atoms. The molecule has 0 bridgehead atoms. The predicted octanol–water partition coefficient (Wildman–Crippen LogP) is 1.60. The van der Waals surface area contributed by atoms with Crippen molar-refractivity contribution < 1.29 is 14.7 Å². The Labute approximate surface area is 155 Å². The van der Waals surface area contributed by atoms with Crippen molar-refractivity contribution in [1.82, 2.24) is 9.80 Å². The van der Waals surface area contributed by atoms with Crippen LogP contribution in [0.2, 0.25) is 0 Å². The molecule has 0 aliphatic carbocycles. The molecule has 5 heteroatoms. The van der Waals surface area contributed by atoms with Gasteiger partial charge < -0.3 is 14.9 Å². The second-order valence-electron chi connectivity index (χ2n) is 7.32. The van der Waals surface area contributed by atoms with E-state index in [1.165, 1.54) is 0 Å². The summed E-state index contributed by atoms with van der Waals surface area (Å²) in [5, 5.41) is 9.80. The summed E-state index contributed by atoms with van der Waals surface area (Å²) in [7, 11) is 0. The lowest BCUT2D eigenvalue weighted by molar-refractivity contribution is -0.166. The first-order valence-electron chi connectivity index (χ1n) is 9.27. The average Bonchev–Trinajstić information content (AvgIpc) is 2.61. The predicted molar refractivity (Wildman–Crippen MR) is 99.3 cm³/mol. The first-order valence-corrected chi connectivity index (χ1v) is 9.27. The molecular weight excluding hydrogens is 328 g/mol. The zero-order valence-corrected chi connectivity index (χ0v) is 15.6. The van der Waals surface area contributed by atoms with Crippen LogP contribution in [-0.2, 0) is 9.59 Å². The topological polar surface area (TPSA) is 60.9 Å². The molecule has 3 atom stereocenters. The summed E-state index contributed by atoms with van der Waals surface area (Å²) in [5.41, 5.74) is 2.04. The first kappa shape index (κ1) is 18.5. The minimum absolute atomic E-state index is 0.00325. The Bertz CT molecular complexity index is 745. The van der Waals surface area contributed by atoms with Gasteiger partial charge in [0.15, 0.2) is 0 Å². The molecule has 2 aliphatic heterocycles. The lowest BCUT2D eigenvalue weighted by atomic mass is 9.73. The largest absolute Gasteiger partial charge is 0.394 e. The van der Waals surface area contributed by atoms with Gasteiger partial charge in [0.1, 0.15) is 0 Å². The van der Waals surface area contributed by atoms with E-state index in [-0.39, 0.29) is 43.0 Å². The monoisotopic (exact) mass is 354 g/mol. The highest BCUT2D eigenvalue weighted by molar-refractivity contribution is 5.87. The SMILES string of the molecule is CCC(=O)N1CC(=O)N2[C@H](C1)[C@@H](c1ccc(C#CC(C)C)cc1)[C@@H]2CO. The van der Waals surface area contributed by atoms with E-state index in [1.807, 2.05) is 31.2 Å². The molecule has 0 aromatic heterocycles. The number of fused-ring (bicyclic) bond motifs is 1. The highest BCUT2D eigenvalue weighted by Crippen LogP contribution is 2.42. The lowest BCUT2D eigenvalue weighted by Crippen LogP contribution is -2.73. The maximum Gasteiger partial charge on any atom is 0.242 e. The Morgan fingerprint density at radius 1 is 1.31 bits per heavy atom. The van der Waals surface area contributed by atoms with E-state index in [0.29, 0.717) is 18.9 Å². The summed E-state index contributed by atoms with van der Waals surface area (Å²) in [5.74, 6) is 6.59. The summed E-state index contributed by atoms with van der Waals surface area (Å²) in [6.45, 7) is 6.51. The molecule has 138 valence electrons. The molecule has 0 unspecified atom stereocenters. The highest BCUT2D eigenvalue weighted by Gasteiger charge is 2.54. The number of hydrogen-bond donors (Lipinski definition) is 1. The summed E-state index contributed by atoms with van der Waals surface area (Å²) in [6.07, 6.45) is 0.400. The van der Waals surface area contributed by atoms with Crippen LogP contribution in [0.15, 0.2) is 24.3 Å². The van der Waals surface area contributed by atoms with Gasteiger partial charge in [-0.15, -0.1) is 0 Å². The fraction of sp³-hybridized carbons (Fsp3) is 0.524. The Balaban J connectivity index is 1.81. The second-order valence-corrected chi connectivity index (χ2v) is 7.32. The van der Waals surface area contributed by atoms with E-state index < -0.39 is 0 Å². The van der Waals surface area contributed by atoms with Gasteiger partial charge in [0.05, 0.1) is 25.2 Å². The van der Waals surface area contributed by atoms with Crippen molar-refractivity contribution in [2.45, 2.75) is 45.2 Å². The van der Waals surface area contributed by atoms with E-state index in [2.05, 4.69) is 25.7 Å². The van der Waals surface area contributed by atoms with Gasteiger partial charge in [-0.25, -0.2) is 0 Å². The molecule has 2 heterocycles. The molecule has 0 spiro atoms. The van der Waals surface area contributed by atoms with E-state index in [0.717, 1.165) is 11.1 Å². The molecule has 0 radical (unpaired) electrons. The third kappa shape index (κ3) is 3.34. The molecule has 1 aromatic carbocycles. The third-order valence-electron chi connectivity index (χ3n) is 5.21. The van der Waals surface area contributed by atoms with Crippen LogP contribution in [0.25, 0.3) is 0 Å². The normalized spacial score (nSPS) is 24.7. The van der Waals surface area contributed by atoms with Gasteiger partial charge >= 0.3 is 0 Å². The van der Waals surface area contributed by atoms with Crippen molar-refractivity contribution in [3.05, 3.63) is 35.4 Å². The number of nitrogens with zero attached hydrogens (tertiary/aromatic N) is 2. The molecule has 5 nitrogen and oxygen atoms in total. The highest BCUT2D eigenvalue weighted by atomic mass is 16.3. The molecule has 1 aromatic rings. The van der Waals surface area contributed by atoms with Crippen LogP contribution in [-0.4, -0.2) is 58.5 Å². The molecule has 2 amide bonds. The fourth-order valence-corrected chi connectivity index (χ4v) is 3.93. The van der Waals surface area contributed by atoms with E-state index in [9.17, 15) is 14.7 Å². The van der Waals surface area contributed by atoms with E-state index in [1.54, 1.807) is 9.80 Å². The first-order chi connectivity index (χ1) is 12.5. The maximum atomic E-state index is 12.4. The third-order valence-corrected chi connectivity index (χ3v) is 5.21. The molecule has 2 aliphatic rings. The second kappa shape index (κ2) is 7.51. The Morgan fingerprint density at radius 3 is 2.58 bits per heavy atom. The Morgan fingerprint density at radius 2 is 2.00 bits per heavy atom. The van der Waals surface area contributed by atoms with Crippen LogP contribution >= 0.6 is 0 Å². The number of piperazine rings is 1. The molecule has 2 saturated heterocycles. The molecule has 1 N–H and O–H groups in total. The fourth-order valence-electron chi connectivity index (χ4n) is 3.93. The smallest absolute Gasteiger partial charge is 0.242 e. The number of benzene rings is 1. The number of aliphatic hydroxyl groups excluding tert-OH is 1. The van der Waals surface area contributed by atoms with Crippen molar-refractivity contribution in [3.8, 4) is 11.8 Å². The number of carbonyl (C=O) groups excluding carboxylic acids is 2. The summed E-state index contributed by atoms with van der Waals surface area (Å²) in [6, 6.07) is 7.76. The van der Waals surface area contributed by atoms with Gasteiger partial charge in [-0.3, -0.25) is 9.59 Å². The summed E-state index contributed by atoms with van der Waals surface area (Å²) < 4.78 is 0. The van der Waals surface area contributed by atoms with Crippen molar-refractivity contribution in [3.63, 3.8) is 0 Å². The number of aliphatic hydroxyl groups is 1. The van der Waals surface area contributed by atoms with Gasteiger partial charge in [0.2, 0.25) is 11.8 Å². The number of amides is 2. The van der Waals surface area contributed by atoms with Crippen LogP contribution in [0.5, 0.6) is 0 Å². The number of rotatable bonds is 3. The van der Waals surface area contributed by atoms with Gasteiger partial charge in [-0.05, 0) is 17.7 Å². The van der Waals surface area contributed by atoms with Crippen LogP contribution in [0.3, 0.4) is 0 Å². The van der Waals surface area contributed by atoms with Crippen molar-refractivity contribution in [2.24, 2.45) is 5.92 Å². The Kier molecular flexibility index (Phi) is 5.33. The summed E-state index contributed by atoms with van der Waals surface area (Å²) in [4.78, 5) is 27.9. The van der Waals surface area contributed by atoms with Crippen LogP contribution in [0.1, 0.15) is 44.2 Å². The average molecular weight is 354 g/mol. The minimum atomic E-state index is -0.209. The lowest BCUT2D eigenvalue weighted by Gasteiger charge is -2.58. The molecule has 0 saturated carbocycles. The van der Waals surface area contributed by atoms with Gasteiger partial charge in [0, 0.05) is 30.4 Å². The zero-order valence-electron chi connectivity index (χ0n) is 15.6. The summed E-state index contributed by atoms with van der Waals surface area (Å²) >= 11 is 0. The van der Waals surface area contributed by atoms with Crippen molar-refractivity contribution in [2.75, 3.05) is 19.7 Å². The van der Waals surface area contributed by atoms with Gasteiger partial charge in [0.25, 0.3) is 0 Å². The molecule has 2 fully saturated rings. The zero-order chi connectivity index (χ0) is 18.8. The number of hydrogen-bond acceptors (Lipinski definition) is 3. The quantitative estimate of drug-likeness (QED) is 0.839. The Hall–Kier alpha value is -2.32. The van der Waals surface area contributed by atoms with Crippen LogP contribution in [0.4, 0.5) is 0 Å². The van der Waals surface area contributed by atoms with Gasteiger partial charge in [-0.1, -0.05) is 44.7 Å².